The van der Waals surface area contributed by atoms with Gasteiger partial charge in [0.15, 0.2) is 0 Å². The summed E-state index contributed by atoms with van der Waals surface area (Å²) in [6.07, 6.45) is 52.8. The molecule has 3 atom stereocenters. The molecule has 0 aliphatic heterocycles. The molecule has 5 N–H and O–H groups in total. The lowest BCUT2D eigenvalue weighted by Gasteiger charge is -2.23. The van der Waals surface area contributed by atoms with E-state index in [1.54, 1.807) is 6.08 Å². The number of unbranched alkanes of at least 4 members (excludes halogenated alkanes) is 21. The Balaban J connectivity index is 4.30. The van der Waals surface area contributed by atoms with E-state index in [1.807, 2.05) is 6.08 Å². The van der Waals surface area contributed by atoms with E-state index in [0.717, 1.165) is 70.6 Å². The molecule has 0 saturated heterocycles. The third-order valence-corrected chi connectivity index (χ3v) is 10.5. The maximum Gasteiger partial charge on any atom is 0.472 e. The Labute approximate surface area is 338 Å². The highest BCUT2D eigenvalue weighted by Crippen LogP contribution is 2.43. The molecule has 1 amide bonds. The van der Waals surface area contributed by atoms with Crippen LogP contribution in [0.3, 0.4) is 0 Å². The number of hydrogen-bond donors (Lipinski definition) is 4. The van der Waals surface area contributed by atoms with Crippen LogP contribution in [0.5, 0.6) is 0 Å². The van der Waals surface area contributed by atoms with Crippen molar-refractivity contribution < 1.29 is 28.4 Å². The van der Waals surface area contributed by atoms with E-state index in [4.69, 9.17) is 14.8 Å². The topological polar surface area (TPSA) is 131 Å². The van der Waals surface area contributed by atoms with Crippen molar-refractivity contribution in [1.29, 1.82) is 0 Å². The Kier molecular flexibility index (Phi) is 40.5. The maximum atomic E-state index is 12.7. The Bertz CT molecular complexity index is 1040. The second-order valence-electron chi connectivity index (χ2n) is 14.9. The lowest BCUT2D eigenvalue weighted by molar-refractivity contribution is -0.123. The molecule has 320 valence electrons. The average Bonchev–Trinajstić information content (AvgIpc) is 3.17. The van der Waals surface area contributed by atoms with Crippen molar-refractivity contribution in [3.8, 4) is 0 Å². The highest BCUT2D eigenvalue weighted by atomic mass is 31.2. The quantitative estimate of drug-likeness (QED) is 0.0275. The fourth-order valence-electron chi connectivity index (χ4n) is 6.13. The lowest BCUT2D eigenvalue weighted by atomic mass is 10.1. The molecule has 0 rings (SSSR count). The van der Waals surface area contributed by atoms with Crippen LogP contribution in [0.1, 0.15) is 194 Å². The number of carbonyl (C=O) groups is 1. The Morgan fingerprint density at radius 2 is 1.02 bits per heavy atom. The van der Waals surface area contributed by atoms with Crippen LogP contribution in [0.4, 0.5) is 0 Å². The van der Waals surface area contributed by atoms with Crippen molar-refractivity contribution >= 4 is 13.7 Å². The first kappa shape index (κ1) is 53.2. The van der Waals surface area contributed by atoms with Gasteiger partial charge in [-0.3, -0.25) is 13.8 Å². The van der Waals surface area contributed by atoms with Crippen LogP contribution in [-0.4, -0.2) is 47.8 Å². The van der Waals surface area contributed by atoms with Crippen molar-refractivity contribution in [3.63, 3.8) is 0 Å². The van der Waals surface area contributed by atoms with Crippen LogP contribution in [0, 0.1) is 0 Å². The third-order valence-electron chi connectivity index (χ3n) is 9.54. The molecule has 0 aromatic rings. The second-order valence-corrected chi connectivity index (χ2v) is 16.3. The molecule has 0 radical (unpaired) electrons. The smallest absolute Gasteiger partial charge is 0.387 e. The summed E-state index contributed by atoms with van der Waals surface area (Å²) in [6.45, 7) is 4.06. The Hall–Kier alpha value is -1.80. The standard InChI is InChI=1S/C46H85N2O6P/c1-3-5-7-9-11-13-15-17-19-20-21-22-23-24-26-27-29-31-33-35-37-39-45(49)44(43-54-55(51,52)53-42-41-47)48-46(50)40-38-36-34-32-30-28-25-18-16-14-12-10-8-6-4-2/h12,14,18,23-25,29,31,37,39,44-45,49H,3-11,13,15-17,19-22,26-28,30,32-36,38,40-43,47H2,1-2H3,(H,48,50)(H,51,52)/b14-12-,24-23+,25-18-,31-29+,39-37+. The fourth-order valence-corrected chi connectivity index (χ4v) is 6.89. The van der Waals surface area contributed by atoms with Crippen molar-refractivity contribution in [1.82, 2.24) is 5.32 Å². The number of hydrogen-bond acceptors (Lipinski definition) is 6. The van der Waals surface area contributed by atoms with Gasteiger partial charge >= 0.3 is 7.82 Å². The summed E-state index contributed by atoms with van der Waals surface area (Å²) >= 11 is 0. The number of nitrogens with one attached hydrogen (secondary N) is 1. The second kappa shape index (κ2) is 41.8. The molecule has 0 fully saturated rings. The lowest BCUT2D eigenvalue weighted by Crippen LogP contribution is -2.45. The first-order valence-corrected chi connectivity index (χ1v) is 23.9. The number of aliphatic hydroxyl groups excluding tert-OH is 1. The number of amides is 1. The number of allylic oxidation sites excluding steroid dienone is 9. The van der Waals surface area contributed by atoms with E-state index in [9.17, 15) is 19.4 Å². The van der Waals surface area contributed by atoms with Gasteiger partial charge in [-0.05, 0) is 77.0 Å². The van der Waals surface area contributed by atoms with Crippen molar-refractivity contribution in [2.75, 3.05) is 19.8 Å². The third kappa shape index (κ3) is 40.2. The number of phosphoric ester groups is 1. The number of carbonyl (C=O) groups excluding carboxylic acids is 1. The predicted molar refractivity (Wildman–Crippen MR) is 235 cm³/mol. The van der Waals surface area contributed by atoms with Gasteiger partial charge in [0.25, 0.3) is 0 Å². The Morgan fingerprint density at radius 3 is 1.55 bits per heavy atom. The van der Waals surface area contributed by atoms with Crippen LogP contribution in [0.25, 0.3) is 0 Å². The molecule has 0 aromatic heterocycles. The maximum absolute atomic E-state index is 12.7. The van der Waals surface area contributed by atoms with E-state index in [-0.39, 0.29) is 25.7 Å². The summed E-state index contributed by atoms with van der Waals surface area (Å²) in [6, 6.07) is -0.892. The van der Waals surface area contributed by atoms with Gasteiger partial charge in [0.1, 0.15) is 0 Å². The summed E-state index contributed by atoms with van der Waals surface area (Å²) in [4.78, 5) is 22.7. The first-order chi connectivity index (χ1) is 26.9. The molecule has 0 aliphatic rings. The molecule has 0 spiro atoms. The number of phosphoric acid groups is 1. The summed E-state index contributed by atoms with van der Waals surface area (Å²) in [5.41, 5.74) is 5.37. The molecule has 0 saturated carbocycles. The number of rotatable bonds is 41. The van der Waals surface area contributed by atoms with Gasteiger partial charge < -0.3 is 21.1 Å². The zero-order valence-electron chi connectivity index (χ0n) is 35.4. The normalized spacial score (nSPS) is 14.6. The molecule has 0 heterocycles. The van der Waals surface area contributed by atoms with Crippen LogP contribution >= 0.6 is 7.82 Å². The monoisotopic (exact) mass is 793 g/mol. The summed E-state index contributed by atoms with van der Waals surface area (Å²) in [7, 11) is -4.36. The van der Waals surface area contributed by atoms with Crippen LogP contribution in [0.15, 0.2) is 60.8 Å². The van der Waals surface area contributed by atoms with Gasteiger partial charge in [0, 0.05) is 13.0 Å². The zero-order chi connectivity index (χ0) is 40.3. The SMILES string of the molecule is CCCCC/C=C\C/C=C\CCCCCCCC(=O)NC(COP(=O)(O)OCCN)C(O)/C=C/CC/C=C/CC/C=C/CCCCCCCCCCCCC. The van der Waals surface area contributed by atoms with E-state index in [2.05, 4.69) is 67.8 Å². The van der Waals surface area contributed by atoms with Gasteiger partial charge in [-0.2, -0.15) is 0 Å². The van der Waals surface area contributed by atoms with Gasteiger partial charge in [0.2, 0.25) is 5.91 Å². The van der Waals surface area contributed by atoms with E-state index in [1.165, 1.54) is 103 Å². The molecule has 9 heteroatoms. The molecule has 0 aliphatic carbocycles. The van der Waals surface area contributed by atoms with E-state index < -0.39 is 20.0 Å². The molecule has 0 bridgehead atoms. The molecular weight excluding hydrogens is 707 g/mol. The summed E-state index contributed by atoms with van der Waals surface area (Å²) in [5, 5.41) is 13.6. The van der Waals surface area contributed by atoms with Gasteiger partial charge in [-0.15, -0.1) is 0 Å². The highest BCUT2D eigenvalue weighted by molar-refractivity contribution is 7.47. The van der Waals surface area contributed by atoms with Crippen molar-refractivity contribution in [2.45, 2.75) is 206 Å². The molecule has 8 nitrogen and oxygen atoms in total. The van der Waals surface area contributed by atoms with Crippen LogP contribution in [-0.2, 0) is 18.4 Å². The largest absolute Gasteiger partial charge is 0.472 e. The van der Waals surface area contributed by atoms with Crippen LogP contribution in [0.2, 0.25) is 0 Å². The van der Waals surface area contributed by atoms with E-state index >= 15 is 0 Å². The number of nitrogens with two attached hydrogens (primary N) is 1. The Morgan fingerprint density at radius 1 is 0.600 bits per heavy atom. The average molecular weight is 793 g/mol. The van der Waals surface area contributed by atoms with Crippen molar-refractivity contribution in [2.24, 2.45) is 5.73 Å². The minimum absolute atomic E-state index is 0.0671. The molecule has 0 aromatic carbocycles. The molecule has 3 unspecified atom stereocenters. The van der Waals surface area contributed by atoms with Gasteiger partial charge in [-0.1, -0.05) is 171 Å². The zero-order valence-corrected chi connectivity index (χ0v) is 36.3. The van der Waals surface area contributed by atoms with E-state index in [0.29, 0.717) is 6.42 Å². The number of aliphatic hydroxyl groups is 1. The van der Waals surface area contributed by atoms with Crippen LogP contribution < -0.4 is 11.1 Å². The molecule has 55 heavy (non-hydrogen) atoms. The van der Waals surface area contributed by atoms with Gasteiger partial charge in [0.05, 0.1) is 25.4 Å². The summed E-state index contributed by atoms with van der Waals surface area (Å²) < 4.78 is 22.1. The molecular formula is C46H85N2O6P. The highest BCUT2D eigenvalue weighted by Gasteiger charge is 2.26. The van der Waals surface area contributed by atoms with Crippen molar-refractivity contribution in [3.05, 3.63) is 60.8 Å². The van der Waals surface area contributed by atoms with Gasteiger partial charge in [-0.25, -0.2) is 4.57 Å². The minimum Gasteiger partial charge on any atom is -0.387 e. The fraction of sp³-hybridized carbons (Fsp3) is 0.761. The predicted octanol–water partition coefficient (Wildman–Crippen LogP) is 12.7. The first-order valence-electron chi connectivity index (χ1n) is 22.4. The minimum atomic E-state index is -4.36. The summed E-state index contributed by atoms with van der Waals surface area (Å²) in [5.74, 6) is -0.224.